The van der Waals surface area contributed by atoms with Crippen molar-refractivity contribution in [2.24, 2.45) is 0 Å². The van der Waals surface area contributed by atoms with Crippen molar-refractivity contribution in [2.75, 3.05) is 27.6 Å². The molecule has 1 atom stereocenters. The number of rotatable bonds is 6. The lowest BCUT2D eigenvalue weighted by Crippen LogP contribution is -2.24. The highest BCUT2D eigenvalue weighted by molar-refractivity contribution is 5.79. The molecule has 3 heterocycles. The van der Waals surface area contributed by atoms with E-state index in [1.54, 1.807) is 31.3 Å². The third kappa shape index (κ3) is 3.63. The van der Waals surface area contributed by atoms with Gasteiger partial charge in [0.2, 0.25) is 12.7 Å². The molecule has 1 aromatic heterocycles. The molecule has 0 spiro atoms. The van der Waals surface area contributed by atoms with Crippen molar-refractivity contribution in [3.8, 4) is 34.5 Å². The maximum Gasteiger partial charge on any atom is 0.258 e. The average molecular weight is 423 g/mol. The molecule has 2 aliphatic rings. The molecule has 3 aromatic rings. The van der Waals surface area contributed by atoms with Crippen LogP contribution in [0.25, 0.3) is 11.5 Å². The van der Waals surface area contributed by atoms with Gasteiger partial charge in [0.25, 0.3) is 5.89 Å². The number of methoxy groups -OCH3 is 2. The predicted octanol–water partition coefficient (Wildman–Crippen LogP) is 3.00. The van der Waals surface area contributed by atoms with Gasteiger partial charge < -0.3 is 28.4 Å². The van der Waals surface area contributed by atoms with Gasteiger partial charge in [0.1, 0.15) is 0 Å². The summed E-state index contributed by atoms with van der Waals surface area (Å²) in [5.74, 6) is 3.45. The lowest BCUT2D eigenvalue weighted by molar-refractivity contribution is -0.128. The van der Waals surface area contributed by atoms with Crippen LogP contribution >= 0.6 is 0 Å². The molecule has 160 valence electrons. The first-order valence-electron chi connectivity index (χ1n) is 9.87. The van der Waals surface area contributed by atoms with E-state index in [-0.39, 0.29) is 18.6 Å². The van der Waals surface area contributed by atoms with Crippen LogP contribution in [0.5, 0.6) is 23.0 Å². The van der Waals surface area contributed by atoms with Crippen LogP contribution in [0.15, 0.2) is 40.9 Å². The first-order valence-corrected chi connectivity index (χ1v) is 9.87. The van der Waals surface area contributed by atoms with Crippen LogP contribution in [0.3, 0.4) is 0 Å². The topological polar surface area (TPSA) is 96.2 Å². The first kappa shape index (κ1) is 19.2. The Bertz CT molecular complexity index is 1130. The second kappa shape index (κ2) is 7.82. The smallest absolute Gasteiger partial charge is 0.258 e. The fourth-order valence-corrected chi connectivity index (χ4v) is 3.84. The number of fused-ring (bicyclic) bond motifs is 1. The maximum atomic E-state index is 12.6. The second-order valence-electron chi connectivity index (χ2n) is 7.39. The molecule has 0 saturated carbocycles. The molecular formula is C22H21N3O6. The Hall–Kier alpha value is -3.75. The molecule has 1 amide bonds. The molecule has 0 N–H and O–H groups in total. The van der Waals surface area contributed by atoms with E-state index in [1.165, 1.54) is 0 Å². The van der Waals surface area contributed by atoms with Crippen LogP contribution in [0.4, 0.5) is 0 Å². The zero-order valence-electron chi connectivity index (χ0n) is 17.2. The van der Waals surface area contributed by atoms with Gasteiger partial charge in [0.05, 0.1) is 14.2 Å². The van der Waals surface area contributed by atoms with Crippen LogP contribution < -0.4 is 18.9 Å². The summed E-state index contributed by atoms with van der Waals surface area (Å²) in [5, 5.41) is 4.12. The Morgan fingerprint density at radius 1 is 1.06 bits per heavy atom. The van der Waals surface area contributed by atoms with Gasteiger partial charge >= 0.3 is 0 Å². The normalized spacial score (nSPS) is 17.3. The van der Waals surface area contributed by atoms with E-state index >= 15 is 0 Å². The molecule has 31 heavy (non-hydrogen) atoms. The Balaban J connectivity index is 1.30. The van der Waals surface area contributed by atoms with Gasteiger partial charge in [-0.05, 0) is 35.9 Å². The van der Waals surface area contributed by atoms with E-state index in [9.17, 15) is 4.79 Å². The minimum atomic E-state index is -0.126. The number of carbonyl (C=O) groups is 1. The number of nitrogens with zero attached hydrogens (tertiary/aromatic N) is 3. The van der Waals surface area contributed by atoms with Crippen LogP contribution in [-0.2, 0) is 11.3 Å². The molecule has 1 fully saturated rings. The highest BCUT2D eigenvalue weighted by atomic mass is 16.7. The Labute approximate surface area is 178 Å². The number of likely N-dealkylation sites (tertiary alicyclic amines) is 1. The van der Waals surface area contributed by atoms with E-state index < -0.39 is 0 Å². The van der Waals surface area contributed by atoms with Crippen molar-refractivity contribution in [1.82, 2.24) is 15.0 Å². The molecule has 0 bridgehead atoms. The monoisotopic (exact) mass is 423 g/mol. The van der Waals surface area contributed by atoms with Crippen LogP contribution in [-0.4, -0.2) is 48.5 Å². The number of hydrogen-bond acceptors (Lipinski definition) is 8. The Kier molecular flexibility index (Phi) is 4.85. The molecule has 1 unspecified atom stereocenters. The maximum absolute atomic E-state index is 12.6. The van der Waals surface area contributed by atoms with Gasteiger partial charge in [-0.2, -0.15) is 4.98 Å². The zero-order valence-corrected chi connectivity index (χ0v) is 17.2. The fourth-order valence-electron chi connectivity index (χ4n) is 3.84. The first-order chi connectivity index (χ1) is 15.1. The number of ether oxygens (including phenoxy) is 4. The largest absolute Gasteiger partial charge is 0.493 e. The van der Waals surface area contributed by atoms with Gasteiger partial charge in [-0.1, -0.05) is 11.2 Å². The van der Waals surface area contributed by atoms with Crippen molar-refractivity contribution in [1.29, 1.82) is 0 Å². The van der Waals surface area contributed by atoms with Gasteiger partial charge in [-0.25, -0.2) is 0 Å². The Morgan fingerprint density at radius 2 is 1.90 bits per heavy atom. The van der Waals surface area contributed by atoms with Gasteiger partial charge in [0.15, 0.2) is 28.8 Å². The number of aromatic nitrogens is 2. The molecule has 9 heteroatoms. The molecule has 0 aliphatic carbocycles. The minimum Gasteiger partial charge on any atom is -0.493 e. The van der Waals surface area contributed by atoms with E-state index in [0.717, 1.165) is 16.9 Å². The van der Waals surface area contributed by atoms with Crippen LogP contribution in [0.1, 0.15) is 23.7 Å². The lowest BCUT2D eigenvalue weighted by Gasteiger charge is -2.16. The third-order valence-corrected chi connectivity index (χ3v) is 5.46. The van der Waals surface area contributed by atoms with Crippen molar-refractivity contribution in [2.45, 2.75) is 18.9 Å². The van der Waals surface area contributed by atoms with E-state index in [0.29, 0.717) is 48.5 Å². The van der Waals surface area contributed by atoms with Crippen molar-refractivity contribution < 1.29 is 28.3 Å². The summed E-state index contributed by atoms with van der Waals surface area (Å²) in [6.45, 7) is 1.24. The number of benzene rings is 2. The molecule has 2 aromatic carbocycles. The summed E-state index contributed by atoms with van der Waals surface area (Å²) in [6.07, 6.45) is 0.343. The quantitative estimate of drug-likeness (QED) is 0.597. The lowest BCUT2D eigenvalue weighted by atomic mass is 10.1. The van der Waals surface area contributed by atoms with Gasteiger partial charge in [-0.15, -0.1) is 0 Å². The van der Waals surface area contributed by atoms with Gasteiger partial charge in [0, 0.05) is 31.0 Å². The number of amides is 1. The Morgan fingerprint density at radius 3 is 2.74 bits per heavy atom. The third-order valence-electron chi connectivity index (χ3n) is 5.46. The highest BCUT2D eigenvalue weighted by Gasteiger charge is 2.34. The molecule has 5 rings (SSSR count). The highest BCUT2D eigenvalue weighted by Crippen LogP contribution is 2.35. The summed E-state index contributed by atoms with van der Waals surface area (Å²) < 4.78 is 26.8. The standard InChI is InChI=1S/C22H21N3O6/c1-27-16-6-4-14(8-18(16)28-2)22-23-21(24-31-22)15-9-20(26)25(11-15)10-13-3-5-17-19(7-13)30-12-29-17/h3-8,15H,9-12H2,1-2H3. The van der Waals surface area contributed by atoms with Crippen LogP contribution in [0.2, 0.25) is 0 Å². The number of hydrogen-bond donors (Lipinski definition) is 0. The summed E-state index contributed by atoms with van der Waals surface area (Å²) >= 11 is 0. The average Bonchev–Trinajstić information content (AvgIpc) is 3.53. The number of carbonyl (C=O) groups excluding carboxylic acids is 1. The fraction of sp³-hybridized carbons (Fsp3) is 0.318. The van der Waals surface area contributed by atoms with E-state index in [2.05, 4.69) is 10.1 Å². The SMILES string of the molecule is COc1ccc(-c2nc(C3CC(=O)N(Cc4ccc5c(c4)OCO5)C3)no2)cc1OC. The summed E-state index contributed by atoms with van der Waals surface area (Å²) in [6, 6.07) is 11.1. The van der Waals surface area contributed by atoms with Crippen molar-refractivity contribution in [3.05, 3.63) is 47.8 Å². The van der Waals surface area contributed by atoms with Crippen molar-refractivity contribution in [3.63, 3.8) is 0 Å². The summed E-state index contributed by atoms with van der Waals surface area (Å²) in [7, 11) is 3.15. The van der Waals surface area contributed by atoms with Crippen molar-refractivity contribution >= 4 is 5.91 Å². The zero-order chi connectivity index (χ0) is 21.4. The van der Waals surface area contributed by atoms with E-state index in [4.69, 9.17) is 23.5 Å². The summed E-state index contributed by atoms with van der Waals surface area (Å²) in [4.78, 5) is 18.9. The predicted molar refractivity (Wildman–Crippen MR) is 108 cm³/mol. The molecule has 9 nitrogen and oxygen atoms in total. The molecule has 2 aliphatic heterocycles. The van der Waals surface area contributed by atoms with Crippen LogP contribution in [0, 0.1) is 0 Å². The van der Waals surface area contributed by atoms with Gasteiger partial charge in [-0.3, -0.25) is 4.79 Å². The summed E-state index contributed by atoms with van der Waals surface area (Å²) in [5.41, 5.74) is 1.70. The minimum absolute atomic E-state index is 0.0557. The van der Waals surface area contributed by atoms with E-state index in [1.807, 2.05) is 24.3 Å². The second-order valence-corrected chi connectivity index (χ2v) is 7.39. The molecule has 1 saturated heterocycles. The molecule has 0 radical (unpaired) electrons. The molecular weight excluding hydrogens is 402 g/mol.